The van der Waals surface area contributed by atoms with Crippen LogP contribution in [0.2, 0.25) is 0 Å². The number of amides is 1. The van der Waals surface area contributed by atoms with Crippen molar-refractivity contribution in [2.24, 2.45) is 5.92 Å². The second-order valence-electron chi connectivity index (χ2n) is 7.42. The molecule has 1 amide bonds. The number of carbonyl (C=O) groups excluding carboxylic acids is 1. The second-order valence-corrected chi connectivity index (χ2v) is 7.42. The van der Waals surface area contributed by atoms with Gasteiger partial charge in [0.25, 0.3) is 5.69 Å². The molecule has 1 atom stereocenters. The van der Waals surface area contributed by atoms with E-state index in [1.165, 1.54) is 12.1 Å². The molecule has 0 bridgehead atoms. The average Bonchev–Trinajstić information content (AvgIpc) is 3.14. The average molecular weight is 407 g/mol. The normalized spacial score (nSPS) is 16.1. The SMILES string of the molecule is CC(=O)N1CC(C)CN(Cc2nc(-c3ccc([N+](=O)[O-])cc3)no2)c2ccccc21. The fourth-order valence-corrected chi connectivity index (χ4v) is 3.68. The fraction of sp³-hybridized carbons (Fsp3) is 0.286. The summed E-state index contributed by atoms with van der Waals surface area (Å²) in [6.07, 6.45) is 0. The van der Waals surface area contributed by atoms with E-state index in [9.17, 15) is 14.9 Å². The molecule has 1 unspecified atom stereocenters. The summed E-state index contributed by atoms with van der Waals surface area (Å²) in [6.45, 7) is 5.45. The third kappa shape index (κ3) is 3.86. The topological polar surface area (TPSA) is 106 Å². The molecule has 2 aromatic carbocycles. The van der Waals surface area contributed by atoms with Crippen LogP contribution in [0.5, 0.6) is 0 Å². The third-order valence-corrected chi connectivity index (χ3v) is 5.05. The molecule has 1 aromatic heterocycles. The van der Waals surface area contributed by atoms with E-state index in [0.29, 0.717) is 30.4 Å². The summed E-state index contributed by atoms with van der Waals surface area (Å²) in [5, 5.41) is 14.8. The summed E-state index contributed by atoms with van der Waals surface area (Å²) in [5.74, 6) is 1.07. The second kappa shape index (κ2) is 7.94. The van der Waals surface area contributed by atoms with Gasteiger partial charge in [-0.2, -0.15) is 4.98 Å². The zero-order chi connectivity index (χ0) is 21.3. The van der Waals surface area contributed by atoms with Crippen molar-refractivity contribution in [3.8, 4) is 11.4 Å². The third-order valence-electron chi connectivity index (χ3n) is 5.05. The van der Waals surface area contributed by atoms with Gasteiger partial charge >= 0.3 is 0 Å². The molecule has 0 saturated heterocycles. The Bertz CT molecular complexity index is 1080. The molecule has 1 aliphatic rings. The van der Waals surface area contributed by atoms with Gasteiger partial charge in [0.15, 0.2) is 0 Å². The number of para-hydroxylation sites is 2. The van der Waals surface area contributed by atoms with E-state index in [0.717, 1.165) is 17.9 Å². The highest BCUT2D eigenvalue weighted by Gasteiger charge is 2.27. The Morgan fingerprint density at radius 3 is 2.53 bits per heavy atom. The number of nitro benzene ring substituents is 1. The van der Waals surface area contributed by atoms with Crippen molar-refractivity contribution in [3.05, 3.63) is 64.5 Å². The molecule has 30 heavy (non-hydrogen) atoms. The number of hydrogen-bond acceptors (Lipinski definition) is 7. The lowest BCUT2D eigenvalue weighted by Gasteiger charge is -2.25. The van der Waals surface area contributed by atoms with Gasteiger partial charge in [-0.25, -0.2) is 0 Å². The largest absolute Gasteiger partial charge is 0.360 e. The zero-order valence-corrected chi connectivity index (χ0v) is 16.7. The number of rotatable bonds is 4. The molecular formula is C21H21N5O4. The van der Waals surface area contributed by atoms with E-state index in [1.54, 1.807) is 24.0 Å². The Labute approximate surface area is 173 Å². The van der Waals surface area contributed by atoms with E-state index in [4.69, 9.17) is 4.52 Å². The Kier molecular flexibility index (Phi) is 5.18. The molecule has 0 N–H and O–H groups in total. The van der Waals surface area contributed by atoms with E-state index in [-0.39, 0.29) is 17.5 Å². The van der Waals surface area contributed by atoms with Crippen LogP contribution >= 0.6 is 0 Å². The monoisotopic (exact) mass is 407 g/mol. The highest BCUT2D eigenvalue weighted by Crippen LogP contribution is 2.34. The Morgan fingerprint density at radius 1 is 1.17 bits per heavy atom. The number of fused-ring (bicyclic) bond motifs is 1. The highest BCUT2D eigenvalue weighted by molar-refractivity contribution is 5.95. The first kappa shape index (κ1) is 19.6. The van der Waals surface area contributed by atoms with E-state index >= 15 is 0 Å². The first-order valence-corrected chi connectivity index (χ1v) is 9.62. The molecule has 9 nitrogen and oxygen atoms in total. The Hall–Kier alpha value is -3.75. The van der Waals surface area contributed by atoms with Crippen LogP contribution < -0.4 is 9.80 Å². The molecular weight excluding hydrogens is 386 g/mol. The van der Waals surface area contributed by atoms with Gasteiger partial charge in [0.2, 0.25) is 17.6 Å². The summed E-state index contributed by atoms with van der Waals surface area (Å²) in [7, 11) is 0. The lowest BCUT2D eigenvalue weighted by Crippen LogP contribution is -2.33. The number of nitro groups is 1. The van der Waals surface area contributed by atoms with Crippen molar-refractivity contribution in [1.82, 2.24) is 10.1 Å². The lowest BCUT2D eigenvalue weighted by molar-refractivity contribution is -0.384. The quantitative estimate of drug-likeness (QED) is 0.480. The summed E-state index contributed by atoms with van der Waals surface area (Å²) in [4.78, 5) is 30.9. The summed E-state index contributed by atoms with van der Waals surface area (Å²) in [6, 6.07) is 13.8. The predicted molar refractivity (Wildman–Crippen MR) is 111 cm³/mol. The molecule has 0 saturated carbocycles. The predicted octanol–water partition coefficient (Wildman–Crippen LogP) is 3.65. The Morgan fingerprint density at radius 2 is 1.87 bits per heavy atom. The highest BCUT2D eigenvalue weighted by atomic mass is 16.6. The maximum atomic E-state index is 12.2. The summed E-state index contributed by atoms with van der Waals surface area (Å²) >= 11 is 0. The van der Waals surface area contributed by atoms with Crippen LogP contribution in [-0.4, -0.2) is 34.1 Å². The fourth-order valence-electron chi connectivity index (χ4n) is 3.68. The maximum absolute atomic E-state index is 12.2. The molecule has 3 aromatic rings. The minimum Gasteiger partial charge on any atom is -0.360 e. The maximum Gasteiger partial charge on any atom is 0.269 e. The molecule has 1 aliphatic heterocycles. The van der Waals surface area contributed by atoms with Crippen LogP contribution in [0, 0.1) is 16.0 Å². The van der Waals surface area contributed by atoms with Crippen LogP contribution in [-0.2, 0) is 11.3 Å². The van der Waals surface area contributed by atoms with Gasteiger partial charge < -0.3 is 14.3 Å². The lowest BCUT2D eigenvalue weighted by atomic mass is 10.1. The molecule has 4 rings (SSSR count). The minimum absolute atomic E-state index is 0.00709. The molecule has 154 valence electrons. The number of aromatic nitrogens is 2. The van der Waals surface area contributed by atoms with Crippen molar-refractivity contribution in [1.29, 1.82) is 0 Å². The molecule has 9 heteroatoms. The molecule has 0 radical (unpaired) electrons. The molecule has 2 heterocycles. The molecule has 0 aliphatic carbocycles. The van der Waals surface area contributed by atoms with Crippen molar-refractivity contribution in [2.45, 2.75) is 20.4 Å². The first-order valence-electron chi connectivity index (χ1n) is 9.62. The van der Waals surface area contributed by atoms with Gasteiger partial charge in [0.1, 0.15) is 0 Å². The summed E-state index contributed by atoms with van der Waals surface area (Å²) in [5.41, 5.74) is 2.45. The number of hydrogen-bond donors (Lipinski definition) is 0. The van der Waals surface area contributed by atoms with Gasteiger partial charge in [-0.3, -0.25) is 14.9 Å². The van der Waals surface area contributed by atoms with Gasteiger partial charge in [-0.15, -0.1) is 0 Å². The number of nitrogens with zero attached hydrogens (tertiary/aromatic N) is 5. The van der Waals surface area contributed by atoms with Gasteiger partial charge in [-0.05, 0) is 30.2 Å². The number of non-ortho nitro benzene ring substituents is 1. The van der Waals surface area contributed by atoms with Gasteiger partial charge in [0.05, 0.1) is 22.8 Å². The molecule has 0 fully saturated rings. The van der Waals surface area contributed by atoms with E-state index in [1.807, 2.05) is 24.3 Å². The van der Waals surface area contributed by atoms with Crippen molar-refractivity contribution in [3.63, 3.8) is 0 Å². The standard InChI is InChI=1S/C21H21N5O4/c1-14-11-24(18-5-3-4-6-19(18)25(12-14)15(2)27)13-20-22-21(23-30-20)16-7-9-17(10-8-16)26(28)29/h3-10,14H,11-13H2,1-2H3. The molecule has 0 spiro atoms. The van der Waals surface area contributed by atoms with E-state index < -0.39 is 4.92 Å². The Balaban J connectivity index is 1.60. The van der Waals surface area contributed by atoms with Crippen molar-refractivity contribution in [2.75, 3.05) is 22.9 Å². The van der Waals surface area contributed by atoms with Crippen LogP contribution in [0.4, 0.5) is 17.1 Å². The number of benzene rings is 2. The van der Waals surface area contributed by atoms with Crippen LogP contribution in [0.3, 0.4) is 0 Å². The smallest absolute Gasteiger partial charge is 0.269 e. The summed E-state index contributed by atoms with van der Waals surface area (Å²) < 4.78 is 5.45. The zero-order valence-electron chi connectivity index (χ0n) is 16.7. The minimum atomic E-state index is -0.451. The number of carbonyl (C=O) groups is 1. The van der Waals surface area contributed by atoms with E-state index in [2.05, 4.69) is 22.0 Å². The van der Waals surface area contributed by atoms with Crippen molar-refractivity contribution < 1.29 is 14.2 Å². The van der Waals surface area contributed by atoms with Crippen LogP contribution in [0.1, 0.15) is 19.7 Å². The van der Waals surface area contributed by atoms with Crippen molar-refractivity contribution >= 4 is 23.0 Å². The van der Waals surface area contributed by atoms with Gasteiger partial charge in [0, 0.05) is 37.7 Å². The first-order chi connectivity index (χ1) is 14.4. The van der Waals surface area contributed by atoms with Gasteiger partial charge in [-0.1, -0.05) is 24.2 Å². The van der Waals surface area contributed by atoms with Crippen LogP contribution in [0.15, 0.2) is 53.1 Å². The van der Waals surface area contributed by atoms with Crippen LogP contribution in [0.25, 0.3) is 11.4 Å². The number of anilines is 2.